The molecule has 6 N–H and O–H groups in total. The molecule has 0 spiro atoms. The number of rotatable bonds is 9. The number of aromatic nitrogens is 2. The zero-order valence-electron chi connectivity index (χ0n) is 17.8. The van der Waals surface area contributed by atoms with Crippen molar-refractivity contribution >= 4 is 35.2 Å². The van der Waals surface area contributed by atoms with Crippen molar-refractivity contribution in [3.63, 3.8) is 0 Å². The summed E-state index contributed by atoms with van der Waals surface area (Å²) in [5.74, 6) is -0.826. The minimum absolute atomic E-state index is 0.0501. The van der Waals surface area contributed by atoms with Crippen LogP contribution in [0.1, 0.15) is 21.6 Å². The second-order valence-electron chi connectivity index (χ2n) is 7.34. The molecule has 33 heavy (non-hydrogen) atoms. The van der Waals surface area contributed by atoms with Crippen LogP contribution in [0, 0.1) is 5.92 Å². The maximum atomic E-state index is 12.6. The second kappa shape index (κ2) is 11.7. The fourth-order valence-electron chi connectivity index (χ4n) is 3.10. The molecule has 1 atom stereocenters. The monoisotopic (exact) mass is 468 g/mol. The van der Waals surface area contributed by atoms with Gasteiger partial charge in [0, 0.05) is 13.1 Å². The first-order valence-corrected chi connectivity index (χ1v) is 10.7. The standard InChI is InChI=1S/C23H25ClN6O3/c24-19-21(26)30-20(25)18(29-19)22(31)27-12-17(11-15-7-3-1-4-8-15)13-28-23(32)33-14-16-9-5-2-6-10-16/h1-10,17H,11-14H2,(H,27,31)(H,28,32)(H4,25,26,30)/t17-/m0/s1. The van der Waals surface area contributed by atoms with Gasteiger partial charge in [0.1, 0.15) is 6.61 Å². The molecular weight excluding hydrogens is 444 g/mol. The highest BCUT2D eigenvalue weighted by molar-refractivity contribution is 6.31. The molecule has 10 heteroatoms. The van der Waals surface area contributed by atoms with Crippen LogP contribution in [-0.4, -0.2) is 35.1 Å². The van der Waals surface area contributed by atoms with Crippen LogP contribution in [0.5, 0.6) is 0 Å². The van der Waals surface area contributed by atoms with Crippen molar-refractivity contribution in [3.8, 4) is 0 Å². The molecule has 2 aromatic carbocycles. The maximum Gasteiger partial charge on any atom is 0.407 e. The fourth-order valence-corrected chi connectivity index (χ4v) is 3.22. The summed E-state index contributed by atoms with van der Waals surface area (Å²) in [6.45, 7) is 0.699. The highest BCUT2D eigenvalue weighted by atomic mass is 35.5. The number of amides is 2. The highest BCUT2D eigenvalue weighted by Gasteiger charge is 2.19. The van der Waals surface area contributed by atoms with Gasteiger partial charge in [-0.15, -0.1) is 0 Å². The lowest BCUT2D eigenvalue weighted by molar-refractivity contribution is 0.0942. The van der Waals surface area contributed by atoms with Gasteiger partial charge in [-0.2, -0.15) is 0 Å². The maximum absolute atomic E-state index is 12.6. The van der Waals surface area contributed by atoms with Crippen molar-refractivity contribution < 1.29 is 14.3 Å². The van der Waals surface area contributed by atoms with E-state index in [2.05, 4.69) is 20.6 Å². The van der Waals surface area contributed by atoms with E-state index in [1.807, 2.05) is 60.7 Å². The predicted molar refractivity (Wildman–Crippen MR) is 126 cm³/mol. The molecule has 0 aliphatic heterocycles. The molecule has 0 unspecified atom stereocenters. The van der Waals surface area contributed by atoms with E-state index in [-0.39, 0.29) is 48.1 Å². The summed E-state index contributed by atoms with van der Waals surface area (Å²) in [5.41, 5.74) is 13.2. The molecule has 2 amide bonds. The molecule has 3 rings (SSSR count). The molecular formula is C23H25ClN6O3. The molecule has 1 heterocycles. The Morgan fingerprint density at radius 1 is 0.879 bits per heavy atom. The highest BCUT2D eigenvalue weighted by Crippen LogP contribution is 2.17. The molecule has 1 aromatic heterocycles. The van der Waals surface area contributed by atoms with Crippen molar-refractivity contribution in [3.05, 3.63) is 82.6 Å². The smallest absolute Gasteiger partial charge is 0.407 e. The molecule has 0 saturated carbocycles. The first-order valence-electron chi connectivity index (χ1n) is 10.3. The number of ether oxygens (including phenoxy) is 1. The number of alkyl carbamates (subject to hydrolysis) is 1. The normalized spacial score (nSPS) is 11.4. The molecule has 0 saturated heterocycles. The first kappa shape index (κ1) is 23.8. The van der Waals surface area contributed by atoms with E-state index in [0.29, 0.717) is 6.42 Å². The molecule has 0 aliphatic carbocycles. The van der Waals surface area contributed by atoms with Gasteiger partial charge in [0.2, 0.25) is 0 Å². The molecule has 0 radical (unpaired) electrons. The second-order valence-corrected chi connectivity index (χ2v) is 7.70. The number of benzene rings is 2. The first-order chi connectivity index (χ1) is 15.9. The molecule has 0 bridgehead atoms. The number of carbonyl (C=O) groups is 2. The van der Waals surface area contributed by atoms with Crippen molar-refractivity contribution in [2.75, 3.05) is 24.6 Å². The SMILES string of the molecule is Nc1nc(N)c(C(=O)NC[C@@H](CNC(=O)OCc2ccccc2)Cc2ccccc2)nc1Cl. The van der Waals surface area contributed by atoms with Gasteiger partial charge in [0.25, 0.3) is 5.91 Å². The zero-order valence-corrected chi connectivity index (χ0v) is 18.6. The topological polar surface area (TPSA) is 145 Å². The van der Waals surface area contributed by atoms with Crippen LogP contribution in [0.3, 0.4) is 0 Å². The van der Waals surface area contributed by atoms with E-state index >= 15 is 0 Å². The summed E-state index contributed by atoms with van der Waals surface area (Å²) in [6, 6.07) is 19.1. The van der Waals surface area contributed by atoms with Gasteiger partial charge in [-0.05, 0) is 23.5 Å². The van der Waals surface area contributed by atoms with Crippen LogP contribution < -0.4 is 22.1 Å². The predicted octanol–water partition coefficient (Wildman–Crippen LogP) is 2.81. The summed E-state index contributed by atoms with van der Waals surface area (Å²) < 4.78 is 5.27. The zero-order chi connectivity index (χ0) is 23.6. The average Bonchev–Trinajstić information content (AvgIpc) is 2.83. The summed E-state index contributed by atoms with van der Waals surface area (Å²) >= 11 is 5.86. The van der Waals surface area contributed by atoms with Crippen LogP contribution in [0.2, 0.25) is 5.15 Å². The largest absolute Gasteiger partial charge is 0.445 e. The fraction of sp³-hybridized carbons (Fsp3) is 0.217. The Morgan fingerprint density at radius 2 is 1.48 bits per heavy atom. The van der Waals surface area contributed by atoms with E-state index in [1.54, 1.807) is 0 Å². The molecule has 9 nitrogen and oxygen atoms in total. The molecule has 0 aliphatic rings. The Morgan fingerprint density at radius 3 is 2.15 bits per heavy atom. The van der Waals surface area contributed by atoms with Gasteiger partial charge in [-0.1, -0.05) is 72.3 Å². The van der Waals surface area contributed by atoms with E-state index in [0.717, 1.165) is 11.1 Å². The van der Waals surface area contributed by atoms with Gasteiger partial charge in [-0.25, -0.2) is 14.8 Å². The Bertz CT molecular complexity index is 1080. The van der Waals surface area contributed by atoms with Crippen LogP contribution >= 0.6 is 11.6 Å². The van der Waals surface area contributed by atoms with Gasteiger partial charge in [0.05, 0.1) is 0 Å². The number of hydrogen-bond donors (Lipinski definition) is 4. The quantitative estimate of drug-likeness (QED) is 0.377. The summed E-state index contributed by atoms with van der Waals surface area (Å²) in [4.78, 5) is 32.5. The van der Waals surface area contributed by atoms with E-state index in [4.69, 9.17) is 27.8 Å². The molecule has 0 fully saturated rings. The third kappa shape index (κ3) is 7.36. The average molecular weight is 469 g/mol. The van der Waals surface area contributed by atoms with Gasteiger partial charge in [0.15, 0.2) is 22.5 Å². The van der Waals surface area contributed by atoms with Gasteiger partial charge in [-0.3, -0.25) is 4.79 Å². The van der Waals surface area contributed by atoms with Crippen molar-refractivity contribution in [2.24, 2.45) is 5.92 Å². The lowest BCUT2D eigenvalue weighted by Gasteiger charge is -2.19. The van der Waals surface area contributed by atoms with Crippen LogP contribution in [0.25, 0.3) is 0 Å². The van der Waals surface area contributed by atoms with E-state index < -0.39 is 12.0 Å². The summed E-state index contributed by atoms with van der Waals surface area (Å²) in [5, 5.41) is 5.44. The number of halogens is 1. The van der Waals surface area contributed by atoms with E-state index in [9.17, 15) is 9.59 Å². The number of nitrogens with zero attached hydrogens (tertiary/aromatic N) is 2. The summed E-state index contributed by atoms with van der Waals surface area (Å²) in [7, 11) is 0. The van der Waals surface area contributed by atoms with Crippen LogP contribution in [-0.2, 0) is 17.8 Å². The molecule has 3 aromatic rings. The number of nitrogens with two attached hydrogens (primary N) is 2. The van der Waals surface area contributed by atoms with Gasteiger partial charge < -0.3 is 26.8 Å². The Hall–Kier alpha value is -3.85. The minimum Gasteiger partial charge on any atom is -0.445 e. The van der Waals surface area contributed by atoms with Gasteiger partial charge >= 0.3 is 6.09 Å². The number of hydrogen-bond acceptors (Lipinski definition) is 7. The third-order valence-electron chi connectivity index (χ3n) is 4.79. The van der Waals surface area contributed by atoms with Crippen molar-refractivity contribution in [1.82, 2.24) is 20.6 Å². The minimum atomic E-state index is -0.538. The number of nitrogens with one attached hydrogen (secondary N) is 2. The molecule has 172 valence electrons. The number of anilines is 2. The number of nitrogen functional groups attached to an aromatic ring is 2. The van der Waals surface area contributed by atoms with Crippen LogP contribution in [0.15, 0.2) is 60.7 Å². The van der Waals surface area contributed by atoms with E-state index in [1.165, 1.54) is 0 Å². The lowest BCUT2D eigenvalue weighted by Crippen LogP contribution is -2.38. The Balaban J connectivity index is 1.58. The van der Waals surface area contributed by atoms with Crippen molar-refractivity contribution in [2.45, 2.75) is 13.0 Å². The van der Waals surface area contributed by atoms with Crippen molar-refractivity contribution in [1.29, 1.82) is 0 Å². The Labute approximate surface area is 196 Å². The third-order valence-corrected chi connectivity index (χ3v) is 5.06. The Kier molecular flexibility index (Phi) is 8.43. The lowest BCUT2D eigenvalue weighted by atomic mass is 9.99. The summed E-state index contributed by atoms with van der Waals surface area (Å²) in [6.07, 6.45) is 0.0766. The number of carbonyl (C=O) groups excluding carboxylic acids is 2. The van der Waals surface area contributed by atoms with Crippen LogP contribution in [0.4, 0.5) is 16.4 Å².